The first-order valence-electron chi connectivity index (χ1n) is 21.7. The molecule has 51 heavy (non-hydrogen) atoms. The number of allylic oxidation sites excluding steroid dienone is 11. The van der Waals surface area contributed by atoms with Crippen molar-refractivity contribution in [1.82, 2.24) is 5.32 Å². The minimum atomic E-state index is -0.872. The number of amides is 1. The second-order valence-electron chi connectivity index (χ2n) is 14.4. The molecule has 1 amide bonds. The van der Waals surface area contributed by atoms with Gasteiger partial charge in [-0.1, -0.05) is 196 Å². The molecular weight excluding hydrogens is 627 g/mol. The van der Waals surface area contributed by atoms with Gasteiger partial charge in [-0.2, -0.15) is 0 Å². The lowest BCUT2D eigenvalue weighted by atomic mass is 10.0. The number of hydrogen-bond donors (Lipinski definition) is 3. The van der Waals surface area contributed by atoms with Crippen molar-refractivity contribution < 1.29 is 15.0 Å². The summed E-state index contributed by atoms with van der Waals surface area (Å²) in [6.07, 6.45) is 60.0. The highest BCUT2D eigenvalue weighted by Gasteiger charge is 2.17. The van der Waals surface area contributed by atoms with Crippen molar-refractivity contribution in [1.29, 1.82) is 0 Å². The van der Waals surface area contributed by atoms with Gasteiger partial charge in [-0.15, -0.1) is 0 Å². The maximum atomic E-state index is 12.4. The van der Waals surface area contributed by atoms with Gasteiger partial charge in [0.2, 0.25) is 5.91 Å². The summed E-state index contributed by atoms with van der Waals surface area (Å²) in [6.45, 7) is 4.17. The number of aliphatic hydroxyl groups excluding tert-OH is 2. The van der Waals surface area contributed by atoms with Crippen LogP contribution in [0.15, 0.2) is 72.9 Å². The van der Waals surface area contributed by atoms with Gasteiger partial charge >= 0.3 is 0 Å². The summed E-state index contributed by atoms with van der Waals surface area (Å²) >= 11 is 0. The predicted octanol–water partition coefficient (Wildman–Crippen LogP) is 13.5. The largest absolute Gasteiger partial charge is 0.394 e. The van der Waals surface area contributed by atoms with Crippen LogP contribution < -0.4 is 5.32 Å². The smallest absolute Gasteiger partial charge is 0.220 e. The predicted molar refractivity (Wildman–Crippen MR) is 225 cm³/mol. The maximum absolute atomic E-state index is 12.4. The Hall–Kier alpha value is -2.17. The molecule has 0 aliphatic heterocycles. The number of carbonyl (C=O) groups excluding carboxylic acids is 1. The van der Waals surface area contributed by atoms with Crippen LogP contribution in [0.4, 0.5) is 0 Å². The molecule has 0 aromatic heterocycles. The monoisotopic (exact) mass is 710 g/mol. The number of unbranched alkanes of at least 4 members (excludes halogenated alkanes) is 21. The lowest BCUT2D eigenvalue weighted by Gasteiger charge is -2.19. The van der Waals surface area contributed by atoms with Gasteiger partial charge in [-0.25, -0.2) is 0 Å². The summed E-state index contributed by atoms with van der Waals surface area (Å²) in [5.41, 5.74) is 0. The molecule has 0 spiro atoms. The van der Waals surface area contributed by atoms with E-state index in [1.54, 1.807) is 6.08 Å². The second kappa shape index (κ2) is 42.2. The summed E-state index contributed by atoms with van der Waals surface area (Å²) in [5, 5.41) is 23.0. The fourth-order valence-corrected chi connectivity index (χ4v) is 6.13. The summed E-state index contributed by atoms with van der Waals surface area (Å²) in [5.74, 6) is -0.0905. The van der Waals surface area contributed by atoms with Gasteiger partial charge in [0, 0.05) is 6.42 Å². The first-order valence-corrected chi connectivity index (χ1v) is 21.7. The minimum absolute atomic E-state index is 0.0905. The van der Waals surface area contributed by atoms with Gasteiger partial charge in [-0.3, -0.25) is 4.79 Å². The Kier molecular flexibility index (Phi) is 40.4. The van der Waals surface area contributed by atoms with E-state index in [2.05, 4.69) is 79.9 Å². The highest BCUT2D eigenvalue weighted by atomic mass is 16.3. The van der Waals surface area contributed by atoms with Gasteiger partial charge in [-0.05, 0) is 70.6 Å². The van der Waals surface area contributed by atoms with E-state index in [1.807, 2.05) is 6.08 Å². The zero-order valence-corrected chi connectivity index (χ0v) is 33.6. The molecular formula is C47H83NO3. The van der Waals surface area contributed by atoms with E-state index >= 15 is 0 Å². The molecule has 0 aromatic rings. The fraction of sp³-hybridized carbons (Fsp3) is 0.723. The van der Waals surface area contributed by atoms with E-state index in [0.29, 0.717) is 6.42 Å². The molecule has 0 heterocycles. The Morgan fingerprint density at radius 2 is 0.882 bits per heavy atom. The van der Waals surface area contributed by atoms with Crippen LogP contribution in [0.1, 0.15) is 200 Å². The second-order valence-corrected chi connectivity index (χ2v) is 14.4. The van der Waals surface area contributed by atoms with Crippen molar-refractivity contribution in [2.45, 2.75) is 212 Å². The average molecular weight is 710 g/mol. The van der Waals surface area contributed by atoms with Crippen molar-refractivity contribution in [2.24, 2.45) is 0 Å². The summed E-state index contributed by atoms with van der Waals surface area (Å²) < 4.78 is 0. The van der Waals surface area contributed by atoms with E-state index < -0.39 is 12.1 Å². The topological polar surface area (TPSA) is 69.6 Å². The van der Waals surface area contributed by atoms with E-state index in [0.717, 1.165) is 70.6 Å². The van der Waals surface area contributed by atoms with Gasteiger partial charge in [0.05, 0.1) is 18.8 Å². The van der Waals surface area contributed by atoms with Crippen molar-refractivity contribution in [2.75, 3.05) is 6.61 Å². The summed E-state index contributed by atoms with van der Waals surface area (Å²) in [7, 11) is 0. The number of hydrogen-bond acceptors (Lipinski definition) is 3. The Labute approximate surface area is 317 Å². The lowest BCUT2D eigenvalue weighted by molar-refractivity contribution is -0.123. The highest BCUT2D eigenvalue weighted by Crippen LogP contribution is 2.14. The van der Waals surface area contributed by atoms with Crippen LogP contribution in [0, 0.1) is 0 Å². The van der Waals surface area contributed by atoms with Crippen LogP contribution in [0.2, 0.25) is 0 Å². The summed E-state index contributed by atoms with van der Waals surface area (Å²) in [6, 6.07) is -0.650. The van der Waals surface area contributed by atoms with E-state index in [-0.39, 0.29) is 12.5 Å². The Balaban J connectivity index is 3.67. The Morgan fingerprint density at radius 1 is 0.490 bits per heavy atom. The number of aliphatic hydroxyl groups is 2. The molecule has 0 aliphatic rings. The standard InChI is InChI=1S/C47H83NO3/c1-3-5-7-9-11-13-15-17-19-21-23-25-26-28-30-32-34-36-38-40-42-46(50)45(44-49)48-47(51)43-41-39-37-35-33-31-29-27-24-22-20-18-16-14-12-10-8-6-4-2/h6,8,12,14,18,20,24,27,32,34,40,42,45-46,49-50H,3-5,7,9-11,13,15-17,19,21-23,25-26,28-31,33,35-39,41,43-44H2,1-2H3,(H,48,51)/b8-6-,14-12-,20-18-,27-24-,34-32+,42-40+. The van der Waals surface area contributed by atoms with Crippen molar-refractivity contribution in [3.63, 3.8) is 0 Å². The highest BCUT2D eigenvalue weighted by molar-refractivity contribution is 5.76. The lowest BCUT2D eigenvalue weighted by Crippen LogP contribution is -2.45. The number of carbonyl (C=O) groups is 1. The molecule has 2 unspecified atom stereocenters. The fourth-order valence-electron chi connectivity index (χ4n) is 6.13. The molecule has 0 aromatic carbocycles. The molecule has 3 N–H and O–H groups in total. The van der Waals surface area contributed by atoms with Gasteiger partial charge < -0.3 is 15.5 Å². The molecule has 4 nitrogen and oxygen atoms in total. The normalized spacial score (nSPS) is 13.7. The van der Waals surface area contributed by atoms with Crippen LogP contribution in [0.25, 0.3) is 0 Å². The molecule has 0 radical (unpaired) electrons. The number of nitrogens with one attached hydrogen (secondary N) is 1. The van der Waals surface area contributed by atoms with Crippen molar-refractivity contribution in [3.05, 3.63) is 72.9 Å². The molecule has 0 saturated heterocycles. The molecule has 0 aliphatic carbocycles. The average Bonchev–Trinajstić information content (AvgIpc) is 3.13. The van der Waals surface area contributed by atoms with E-state index in [1.165, 1.54) is 109 Å². The molecule has 0 saturated carbocycles. The van der Waals surface area contributed by atoms with E-state index in [9.17, 15) is 15.0 Å². The molecule has 0 rings (SSSR count). The number of rotatable bonds is 38. The molecule has 0 bridgehead atoms. The van der Waals surface area contributed by atoms with Crippen LogP contribution in [-0.4, -0.2) is 34.9 Å². The van der Waals surface area contributed by atoms with Gasteiger partial charge in [0.25, 0.3) is 0 Å². The zero-order valence-electron chi connectivity index (χ0n) is 33.6. The van der Waals surface area contributed by atoms with Gasteiger partial charge in [0.15, 0.2) is 0 Å². The first kappa shape index (κ1) is 48.8. The maximum Gasteiger partial charge on any atom is 0.220 e. The minimum Gasteiger partial charge on any atom is -0.394 e. The molecule has 4 heteroatoms. The molecule has 0 fully saturated rings. The Morgan fingerprint density at radius 3 is 1.37 bits per heavy atom. The van der Waals surface area contributed by atoms with Crippen LogP contribution >= 0.6 is 0 Å². The van der Waals surface area contributed by atoms with Crippen molar-refractivity contribution in [3.8, 4) is 0 Å². The third-order valence-corrected chi connectivity index (χ3v) is 9.42. The SMILES string of the molecule is CC/C=C\C/C=C\C/C=C\C/C=C\CCCCCCCCC(=O)NC(CO)C(O)/C=C/CC/C=C/CCCCCCCCCCCCCCCC. The third-order valence-electron chi connectivity index (χ3n) is 9.42. The van der Waals surface area contributed by atoms with Crippen molar-refractivity contribution >= 4 is 5.91 Å². The molecule has 2 atom stereocenters. The van der Waals surface area contributed by atoms with E-state index in [4.69, 9.17) is 0 Å². The zero-order chi connectivity index (χ0) is 37.1. The quantitative estimate of drug-likeness (QED) is 0.0441. The first-order chi connectivity index (χ1) is 25.2. The van der Waals surface area contributed by atoms with Gasteiger partial charge in [0.1, 0.15) is 0 Å². The molecule has 294 valence electrons. The third kappa shape index (κ3) is 38.9. The summed E-state index contributed by atoms with van der Waals surface area (Å²) in [4.78, 5) is 12.4. The Bertz CT molecular complexity index is 899. The van der Waals surface area contributed by atoms with Crippen LogP contribution in [0.3, 0.4) is 0 Å². The van der Waals surface area contributed by atoms with Crippen LogP contribution in [-0.2, 0) is 4.79 Å². The van der Waals surface area contributed by atoms with Crippen LogP contribution in [0.5, 0.6) is 0 Å².